The molecule has 1 aromatic heterocycles. The quantitative estimate of drug-likeness (QED) is 0.880. The first kappa shape index (κ1) is 12.0. The Balaban J connectivity index is 2.71. The van der Waals surface area contributed by atoms with E-state index >= 15 is 0 Å². The third-order valence-corrected chi connectivity index (χ3v) is 3.09. The summed E-state index contributed by atoms with van der Waals surface area (Å²) in [5.41, 5.74) is 8.18. The van der Waals surface area contributed by atoms with Gasteiger partial charge in [-0.05, 0) is 44.5 Å². The molecule has 0 fully saturated rings. The van der Waals surface area contributed by atoms with E-state index in [-0.39, 0.29) is 0 Å². The zero-order valence-electron chi connectivity index (χ0n) is 10.7. The fraction of sp³-hybridized carbons (Fsp3) is 0.429. The van der Waals surface area contributed by atoms with Gasteiger partial charge in [0.15, 0.2) is 0 Å². The summed E-state index contributed by atoms with van der Waals surface area (Å²) in [6.07, 6.45) is 3.08. The SMILES string of the molecule is COc1cccc2c1c(CCN)cn2C(C)C. The van der Waals surface area contributed by atoms with Gasteiger partial charge in [-0.2, -0.15) is 0 Å². The van der Waals surface area contributed by atoms with Gasteiger partial charge < -0.3 is 15.0 Å². The first-order chi connectivity index (χ1) is 8.19. The summed E-state index contributed by atoms with van der Waals surface area (Å²) in [5.74, 6) is 0.936. The summed E-state index contributed by atoms with van der Waals surface area (Å²) in [5, 5.41) is 1.20. The van der Waals surface area contributed by atoms with Crippen molar-refractivity contribution in [3.63, 3.8) is 0 Å². The third kappa shape index (κ3) is 2.03. The molecule has 0 saturated carbocycles. The number of rotatable bonds is 4. The van der Waals surface area contributed by atoms with E-state index in [9.17, 15) is 0 Å². The number of benzene rings is 1. The highest BCUT2D eigenvalue weighted by Gasteiger charge is 2.13. The van der Waals surface area contributed by atoms with Gasteiger partial charge >= 0.3 is 0 Å². The van der Waals surface area contributed by atoms with Crippen molar-refractivity contribution in [2.24, 2.45) is 5.73 Å². The molecule has 0 spiro atoms. The second-order valence-corrected chi connectivity index (χ2v) is 4.55. The highest BCUT2D eigenvalue weighted by molar-refractivity contribution is 5.90. The smallest absolute Gasteiger partial charge is 0.128 e. The van der Waals surface area contributed by atoms with E-state index in [2.05, 4.69) is 30.7 Å². The van der Waals surface area contributed by atoms with Crippen LogP contribution in [0.2, 0.25) is 0 Å². The Morgan fingerprint density at radius 1 is 1.35 bits per heavy atom. The van der Waals surface area contributed by atoms with E-state index in [1.807, 2.05) is 12.1 Å². The van der Waals surface area contributed by atoms with Crippen LogP contribution in [-0.2, 0) is 6.42 Å². The van der Waals surface area contributed by atoms with Crippen molar-refractivity contribution in [3.05, 3.63) is 30.0 Å². The molecule has 2 N–H and O–H groups in total. The van der Waals surface area contributed by atoms with Crippen molar-refractivity contribution in [1.82, 2.24) is 4.57 Å². The lowest BCUT2D eigenvalue weighted by Gasteiger charge is -2.09. The van der Waals surface area contributed by atoms with Crippen LogP contribution >= 0.6 is 0 Å². The fourth-order valence-corrected chi connectivity index (χ4v) is 2.30. The Labute approximate surface area is 102 Å². The molecule has 0 atom stereocenters. The zero-order valence-corrected chi connectivity index (χ0v) is 10.7. The van der Waals surface area contributed by atoms with Gasteiger partial charge in [-0.15, -0.1) is 0 Å². The minimum Gasteiger partial charge on any atom is -0.496 e. The molecule has 0 aliphatic heterocycles. The van der Waals surface area contributed by atoms with E-state index in [0.717, 1.165) is 12.2 Å². The maximum atomic E-state index is 5.68. The number of hydrogen-bond donors (Lipinski definition) is 1. The lowest BCUT2D eigenvalue weighted by molar-refractivity contribution is 0.419. The first-order valence-electron chi connectivity index (χ1n) is 6.05. The van der Waals surface area contributed by atoms with E-state index in [1.165, 1.54) is 16.5 Å². The lowest BCUT2D eigenvalue weighted by Crippen LogP contribution is -2.02. The summed E-state index contributed by atoms with van der Waals surface area (Å²) in [6.45, 7) is 5.03. The molecule has 0 saturated heterocycles. The Morgan fingerprint density at radius 2 is 2.12 bits per heavy atom. The molecule has 1 heterocycles. The molecule has 1 aromatic carbocycles. The van der Waals surface area contributed by atoms with Gasteiger partial charge in [0.05, 0.1) is 12.6 Å². The average molecular weight is 232 g/mol. The molecule has 3 heteroatoms. The van der Waals surface area contributed by atoms with Gasteiger partial charge in [-0.3, -0.25) is 0 Å². The standard InChI is InChI=1S/C14H20N2O/c1-10(2)16-9-11(7-8-15)14-12(16)5-4-6-13(14)17-3/h4-6,9-10H,7-8,15H2,1-3H3. The minimum absolute atomic E-state index is 0.441. The van der Waals surface area contributed by atoms with Crippen LogP contribution < -0.4 is 10.5 Å². The van der Waals surface area contributed by atoms with Gasteiger partial charge in [-0.1, -0.05) is 6.07 Å². The molecule has 17 heavy (non-hydrogen) atoms. The predicted octanol–water partition coefficient (Wildman–Crippen LogP) is 2.73. The molecule has 2 aromatic rings. The highest BCUT2D eigenvalue weighted by atomic mass is 16.5. The van der Waals surface area contributed by atoms with Crippen LogP contribution in [0.3, 0.4) is 0 Å². The van der Waals surface area contributed by atoms with E-state index in [1.54, 1.807) is 7.11 Å². The maximum Gasteiger partial charge on any atom is 0.128 e. The molecule has 3 nitrogen and oxygen atoms in total. The summed E-state index contributed by atoms with van der Waals surface area (Å²) in [6, 6.07) is 6.62. The molecular formula is C14H20N2O. The number of methoxy groups -OCH3 is 1. The van der Waals surface area contributed by atoms with Crippen molar-refractivity contribution in [3.8, 4) is 5.75 Å². The van der Waals surface area contributed by atoms with Crippen LogP contribution in [0.15, 0.2) is 24.4 Å². The van der Waals surface area contributed by atoms with Crippen molar-refractivity contribution >= 4 is 10.9 Å². The second-order valence-electron chi connectivity index (χ2n) is 4.55. The van der Waals surface area contributed by atoms with Gasteiger partial charge in [0, 0.05) is 17.6 Å². The molecule has 0 aliphatic rings. The maximum absolute atomic E-state index is 5.68. The van der Waals surface area contributed by atoms with Gasteiger partial charge in [0.1, 0.15) is 5.75 Å². The van der Waals surface area contributed by atoms with Gasteiger partial charge in [-0.25, -0.2) is 0 Å². The average Bonchev–Trinajstić information content (AvgIpc) is 2.69. The van der Waals surface area contributed by atoms with Crippen molar-refractivity contribution in [2.45, 2.75) is 26.3 Å². The molecule has 92 valence electrons. The van der Waals surface area contributed by atoms with Crippen LogP contribution in [0.1, 0.15) is 25.5 Å². The molecule has 0 aliphatic carbocycles. The van der Waals surface area contributed by atoms with Crippen LogP contribution in [-0.4, -0.2) is 18.2 Å². The number of ether oxygens (including phenoxy) is 1. The zero-order chi connectivity index (χ0) is 12.4. The number of hydrogen-bond acceptors (Lipinski definition) is 2. The highest BCUT2D eigenvalue weighted by Crippen LogP contribution is 2.32. The molecule has 2 rings (SSSR count). The van der Waals surface area contributed by atoms with Gasteiger partial charge in [0.25, 0.3) is 0 Å². The summed E-state index contributed by atoms with van der Waals surface area (Å²) in [7, 11) is 1.72. The lowest BCUT2D eigenvalue weighted by atomic mass is 10.1. The summed E-state index contributed by atoms with van der Waals surface area (Å²) >= 11 is 0. The van der Waals surface area contributed by atoms with E-state index in [0.29, 0.717) is 12.6 Å². The predicted molar refractivity (Wildman–Crippen MR) is 71.6 cm³/mol. The summed E-state index contributed by atoms with van der Waals surface area (Å²) < 4.78 is 7.73. The van der Waals surface area contributed by atoms with Crippen LogP contribution in [0.25, 0.3) is 10.9 Å². The van der Waals surface area contributed by atoms with Crippen LogP contribution in [0.5, 0.6) is 5.75 Å². The number of nitrogens with two attached hydrogens (primary N) is 1. The second kappa shape index (κ2) is 4.80. The van der Waals surface area contributed by atoms with E-state index < -0.39 is 0 Å². The normalized spacial score (nSPS) is 11.4. The van der Waals surface area contributed by atoms with Crippen molar-refractivity contribution < 1.29 is 4.74 Å². The Morgan fingerprint density at radius 3 is 2.71 bits per heavy atom. The topological polar surface area (TPSA) is 40.2 Å². The molecule has 0 unspecified atom stereocenters. The van der Waals surface area contributed by atoms with Gasteiger partial charge in [0.2, 0.25) is 0 Å². The largest absolute Gasteiger partial charge is 0.496 e. The number of aromatic nitrogens is 1. The third-order valence-electron chi connectivity index (χ3n) is 3.09. The molecule has 0 amide bonds. The first-order valence-corrected chi connectivity index (χ1v) is 6.05. The van der Waals surface area contributed by atoms with Crippen molar-refractivity contribution in [2.75, 3.05) is 13.7 Å². The van der Waals surface area contributed by atoms with E-state index in [4.69, 9.17) is 10.5 Å². The number of fused-ring (bicyclic) bond motifs is 1. The molecule has 0 bridgehead atoms. The van der Waals surface area contributed by atoms with Crippen molar-refractivity contribution in [1.29, 1.82) is 0 Å². The Hall–Kier alpha value is -1.48. The number of nitrogens with zero attached hydrogens (tertiary/aromatic N) is 1. The van der Waals surface area contributed by atoms with Crippen LogP contribution in [0, 0.1) is 0 Å². The summed E-state index contributed by atoms with van der Waals surface area (Å²) in [4.78, 5) is 0. The molecular weight excluding hydrogens is 212 g/mol. The Kier molecular flexibility index (Phi) is 3.38. The van der Waals surface area contributed by atoms with Crippen LogP contribution in [0.4, 0.5) is 0 Å². The molecule has 0 radical (unpaired) electrons. The Bertz CT molecular complexity index is 514. The monoisotopic (exact) mass is 232 g/mol. The fourth-order valence-electron chi connectivity index (χ4n) is 2.30. The minimum atomic E-state index is 0.441.